The van der Waals surface area contributed by atoms with Crippen molar-refractivity contribution in [3.05, 3.63) is 47.4 Å². The summed E-state index contributed by atoms with van der Waals surface area (Å²) in [4.78, 5) is 23.4. The normalized spacial score (nSPS) is 11.9. The molecule has 128 valence electrons. The van der Waals surface area contributed by atoms with Crippen LogP contribution in [-0.2, 0) is 0 Å². The van der Waals surface area contributed by atoms with E-state index in [-0.39, 0.29) is 5.91 Å². The molecule has 1 aromatic carbocycles. The minimum absolute atomic E-state index is 0.110. The lowest BCUT2D eigenvalue weighted by Crippen LogP contribution is -2.31. The Kier molecular flexibility index (Phi) is 5.90. The molecule has 0 aliphatic heterocycles. The molecule has 1 aromatic heterocycles. The highest BCUT2D eigenvalue weighted by molar-refractivity contribution is 6.05. The molecule has 0 aliphatic rings. The first-order valence-corrected chi connectivity index (χ1v) is 8.45. The number of rotatable bonds is 6. The maximum absolute atomic E-state index is 13.0. The van der Waals surface area contributed by atoms with Crippen LogP contribution in [0, 0.1) is 13.8 Å². The molecule has 0 saturated heterocycles. The molecule has 1 atom stereocenters. The molecule has 0 bridgehead atoms. The lowest BCUT2D eigenvalue weighted by Gasteiger charge is -2.21. The number of nitrogens with zero attached hydrogens (tertiary/aromatic N) is 3. The Morgan fingerprint density at radius 3 is 2.58 bits per heavy atom. The van der Waals surface area contributed by atoms with E-state index in [2.05, 4.69) is 29.1 Å². The van der Waals surface area contributed by atoms with E-state index in [0.29, 0.717) is 29.9 Å². The number of hydrogen-bond acceptors (Lipinski definition) is 4. The predicted molar refractivity (Wildman–Crippen MR) is 98.7 cm³/mol. The number of anilines is 2. The average molecular weight is 326 g/mol. The molecule has 0 radical (unpaired) electrons. The van der Waals surface area contributed by atoms with Crippen LogP contribution in [0.3, 0.4) is 0 Å². The summed E-state index contributed by atoms with van der Waals surface area (Å²) in [7, 11) is 0. The van der Waals surface area contributed by atoms with Crippen molar-refractivity contribution in [2.45, 2.75) is 47.1 Å². The van der Waals surface area contributed by atoms with Gasteiger partial charge in [0.15, 0.2) is 0 Å². The van der Waals surface area contributed by atoms with Crippen molar-refractivity contribution >= 4 is 17.4 Å². The highest BCUT2D eigenvalue weighted by Gasteiger charge is 2.19. The van der Waals surface area contributed by atoms with Gasteiger partial charge in [-0.3, -0.25) is 4.79 Å². The minimum atomic E-state index is -0.110. The van der Waals surface area contributed by atoms with E-state index in [1.807, 2.05) is 45.0 Å². The monoisotopic (exact) mass is 326 g/mol. The number of carbonyl (C=O) groups is 1. The van der Waals surface area contributed by atoms with E-state index < -0.39 is 0 Å². The van der Waals surface area contributed by atoms with Crippen molar-refractivity contribution < 1.29 is 4.79 Å². The lowest BCUT2D eigenvalue weighted by molar-refractivity contribution is 0.0983. The molecule has 2 aromatic rings. The van der Waals surface area contributed by atoms with Crippen molar-refractivity contribution in [1.29, 1.82) is 0 Å². The van der Waals surface area contributed by atoms with E-state index in [9.17, 15) is 4.79 Å². The van der Waals surface area contributed by atoms with E-state index in [0.717, 1.165) is 17.7 Å². The molecule has 0 fully saturated rings. The minimum Gasteiger partial charge on any atom is -0.368 e. The van der Waals surface area contributed by atoms with Gasteiger partial charge in [0.05, 0.1) is 0 Å². The first kappa shape index (κ1) is 17.9. The smallest absolute Gasteiger partial charge is 0.277 e. The maximum Gasteiger partial charge on any atom is 0.277 e. The van der Waals surface area contributed by atoms with Crippen molar-refractivity contribution in [3.8, 4) is 0 Å². The van der Waals surface area contributed by atoms with Crippen LogP contribution in [0.5, 0.6) is 0 Å². The molecule has 24 heavy (non-hydrogen) atoms. The lowest BCUT2D eigenvalue weighted by atomic mass is 10.2. The molecule has 1 heterocycles. The summed E-state index contributed by atoms with van der Waals surface area (Å²) in [6.07, 6.45) is 0.983. The first-order chi connectivity index (χ1) is 11.4. The van der Waals surface area contributed by atoms with Gasteiger partial charge in [0.1, 0.15) is 17.3 Å². The van der Waals surface area contributed by atoms with Crippen LogP contribution in [0.4, 0.5) is 11.5 Å². The summed E-state index contributed by atoms with van der Waals surface area (Å²) < 4.78 is 0. The molecular weight excluding hydrogens is 300 g/mol. The van der Waals surface area contributed by atoms with Gasteiger partial charge in [-0.1, -0.05) is 19.1 Å². The van der Waals surface area contributed by atoms with Crippen LogP contribution < -0.4 is 10.2 Å². The average Bonchev–Trinajstić information content (AvgIpc) is 2.54. The number of amides is 1. The number of nitrogens with one attached hydrogen (secondary N) is 1. The van der Waals surface area contributed by atoms with Crippen LogP contribution in [-0.4, -0.2) is 28.5 Å². The zero-order valence-electron chi connectivity index (χ0n) is 15.1. The summed E-state index contributed by atoms with van der Waals surface area (Å²) in [6.45, 7) is 10.6. The highest BCUT2D eigenvalue weighted by Crippen LogP contribution is 2.19. The second kappa shape index (κ2) is 7.90. The van der Waals surface area contributed by atoms with Gasteiger partial charge in [0, 0.05) is 24.3 Å². The van der Waals surface area contributed by atoms with Crippen molar-refractivity contribution in [3.63, 3.8) is 0 Å². The van der Waals surface area contributed by atoms with E-state index in [4.69, 9.17) is 0 Å². The molecule has 5 heteroatoms. The molecule has 5 nitrogen and oxygen atoms in total. The zero-order valence-corrected chi connectivity index (χ0v) is 15.1. The Bertz CT molecular complexity index is 714. The second-order valence-electron chi connectivity index (χ2n) is 6.03. The zero-order chi connectivity index (χ0) is 17.7. The fourth-order valence-electron chi connectivity index (χ4n) is 2.48. The summed E-state index contributed by atoms with van der Waals surface area (Å²) in [6, 6.07) is 9.96. The second-order valence-corrected chi connectivity index (χ2v) is 6.03. The molecule has 1 unspecified atom stereocenters. The van der Waals surface area contributed by atoms with E-state index >= 15 is 0 Å². The maximum atomic E-state index is 13.0. The Morgan fingerprint density at radius 2 is 1.96 bits per heavy atom. The number of carbonyl (C=O) groups excluding carboxylic acids is 1. The number of aromatic nitrogens is 2. The molecular formula is C19H26N4O. The Hall–Kier alpha value is -2.43. The van der Waals surface area contributed by atoms with Crippen LogP contribution in [0.1, 0.15) is 49.1 Å². The van der Waals surface area contributed by atoms with E-state index in [1.165, 1.54) is 0 Å². The molecule has 0 saturated carbocycles. The van der Waals surface area contributed by atoms with Crippen molar-refractivity contribution in [2.75, 3.05) is 16.8 Å². The number of aryl methyl sites for hydroxylation is 2. The quantitative estimate of drug-likeness (QED) is 0.872. The fraction of sp³-hybridized carbons (Fsp3) is 0.421. The third kappa shape index (κ3) is 4.31. The molecule has 0 spiro atoms. The Balaban J connectivity index is 2.33. The summed E-state index contributed by atoms with van der Waals surface area (Å²) in [5.41, 5.74) is 2.42. The van der Waals surface area contributed by atoms with Crippen LogP contribution in [0.25, 0.3) is 0 Å². The van der Waals surface area contributed by atoms with Gasteiger partial charge >= 0.3 is 0 Å². The number of benzene rings is 1. The van der Waals surface area contributed by atoms with Crippen molar-refractivity contribution in [2.24, 2.45) is 0 Å². The summed E-state index contributed by atoms with van der Waals surface area (Å²) >= 11 is 0. The SMILES string of the molecule is CCC(C)Nc1cc(C(=O)N(CC)c2cccc(C)c2)nc(C)n1. The largest absolute Gasteiger partial charge is 0.368 e. The molecule has 2 rings (SSSR count). The fourth-order valence-corrected chi connectivity index (χ4v) is 2.48. The van der Waals surface area contributed by atoms with Gasteiger partial charge in [-0.05, 0) is 51.8 Å². The molecule has 1 N–H and O–H groups in total. The first-order valence-electron chi connectivity index (χ1n) is 8.45. The van der Waals surface area contributed by atoms with Gasteiger partial charge in [0.2, 0.25) is 0 Å². The van der Waals surface area contributed by atoms with Gasteiger partial charge in [0.25, 0.3) is 5.91 Å². The topological polar surface area (TPSA) is 58.1 Å². The summed E-state index contributed by atoms with van der Waals surface area (Å²) in [5, 5.41) is 3.31. The highest BCUT2D eigenvalue weighted by atomic mass is 16.2. The van der Waals surface area contributed by atoms with Gasteiger partial charge in [-0.15, -0.1) is 0 Å². The van der Waals surface area contributed by atoms with Gasteiger partial charge in [-0.2, -0.15) is 0 Å². The Labute approximate surface area is 144 Å². The third-order valence-corrected chi connectivity index (χ3v) is 3.94. The van der Waals surface area contributed by atoms with Gasteiger partial charge in [-0.25, -0.2) is 9.97 Å². The van der Waals surface area contributed by atoms with E-state index in [1.54, 1.807) is 11.0 Å². The van der Waals surface area contributed by atoms with Crippen molar-refractivity contribution in [1.82, 2.24) is 9.97 Å². The number of hydrogen-bond donors (Lipinski definition) is 1. The predicted octanol–water partition coefficient (Wildman–Crippen LogP) is 3.97. The third-order valence-electron chi connectivity index (χ3n) is 3.94. The standard InChI is InChI=1S/C19H26N4O/c1-6-14(4)20-18-12-17(21-15(5)22-18)19(24)23(7-2)16-10-8-9-13(3)11-16/h8-12,14H,6-7H2,1-5H3,(H,20,21,22). The molecule has 1 amide bonds. The Morgan fingerprint density at radius 1 is 1.21 bits per heavy atom. The van der Waals surface area contributed by atoms with Crippen LogP contribution >= 0.6 is 0 Å². The molecule has 0 aliphatic carbocycles. The van der Waals surface area contributed by atoms with Crippen LogP contribution in [0.2, 0.25) is 0 Å². The van der Waals surface area contributed by atoms with Crippen LogP contribution in [0.15, 0.2) is 30.3 Å². The van der Waals surface area contributed by atoms with Gasteiger partial charge < -0.3 is 10.2 Å². The summed E-state index contributed by atoms with van der Waals surface area (Å²) in [5.74, 6) is 1.17.